The summed E-state index contributed by atoms with van der Waals surface area (Å²) in [7, 11) is 0. The fraction of sp³-hybridized carbons (Fsp3) is 0.955. The van der Waals surface area contributed by atoms with E-state index < -0.39 is 0 Å². The van der Waals surface area contributed by atoms with Crippen LogP contribution in [0.3, 0.4) is 0 Å². The number of aliphatic hydroxyl groups is 1. The highest BCUT2D eigenvalue weighted by Gasteiger charge is 2.60. The lowest BCUT2D eigenvalue weighted by molar-refractivity contribution is -0.158. The summed E-state index contributed by atoms with van der Waals surface area (Å²) >= 11 is 0. The lowest BCUT2D eigenvalue weighted by Gasteiger charge is -2.60. The summed E-state index contributed by atoms with van der Waals surface area (Å²) in [6, 6.07) is 0. The number of carbonyl (C=O) groups is 1. The molecule has 0 radical (unpaired) electrons. The van der Waals surface area contributed by atoms with E-state index in [0.29, 0.717) is 17.9 Å². The normalized spacial score (nSPS) is 52.0. The third-order valence-corrected chi connectivity index (χ3v) is 9.24. The van der Waals surface area contributed by atoms with E-state index >= 15 is 0 Å². The zero-order valence-electron chi connectivity index (χ0n) is 16.3. The first-order chi connectivity index (χ1) is 11.9. The van der Waals surface area contributed by atoms with Gasteiger partial charge in [-0.05, 0) is 99.2 Å². The van der Waals surface area contributed by atoms with Gasteiger partial charge >= 0.3 is 5.97 Å². The van der Waals surface area contributed by atoms with E-state index in [1.807, 2.05) is 6.92 Å². The van der Waals surface area contributed by atoms with Crippen LogP contribution in [0.4, 0.5) is 0 Å². The summed E-state index contributed by atoms with van der Waals surface area (Å²) in [5, 5.41) is 10.6. The summed E-state index contributed by atoms with van der Waals surface area (Å²) in [6.07, 6.45) is 10.5. The number of esters is 1. The molecule has 4 aliphatic carbocycles. The van der Waals surface area contributed by atoms with Crippen molar-refractivity contribution < 1.29 is 14.6 Å². The Hall–Kier alpha value is -0.570. The summed E-state index contributed by atoms with van der Waals surface area (Å²) in [5.74, 6) is 3.20. The number of carbonyl (C=O) groups excluding carboxylic acids is 1. The first kappa shape index (κ1) is 17.8. The zero-order chi connectivity index (χ0) is 17.8. The van der Waals surface area contributed by atoms with Gasteiger partial charge in [-0.25, -0.2) is 0 Å². The van der Waals surface area contributed by atoms with Crippen molar-refractivity contribution in [2.45, 2.75) is 84.7 Å². The van der Waals surface area contributed by atoms with Gasteiger partial charge in [-0.15, -0.1) is 0 Å². The van der Waals surface area contributed by atoms with Crippen LogP contribution in [0.2, 0.25) is 0 Å². The van der Waals surface area contributed by atoms with Gasteiger partial charge in [-0.1, -0.05) is 13.8 Å². The molecule has 0 aromatic heterocycles. The van der Waals surface area contributed by atoms with E-state index in [9.17, 15) is 9.90 Å². The van der Waals surface area contributed by atoms with Crippen LogP contribution in [-0.2, 0) is 9.53 Å². The summed E-state index contributed by atoms with van der Waals surface area (Å²) in [5.41, 5.74) is 0.577. The van der Waals surface area contributed by atoms with Gasteiger partial charge in [0, 0.05) is 0 Å². The van der Waals surface area contributed by atoms with Crippen molar-refractivity contribution in [3.8, 4) is 0 Å². The SMILES string of the molecule is CCOC(=O)[C@H]1CC[C@@]2(C)[C@@H](CC[C@H]3[C@H]2CC[C@]2(C)[C@@H]3CC[C@@H]2O)C1. The molecule has 4 aliphatic rings. The predicted octanol–water partition coefficient (Wildman–Crippen LogP) is 4.57. The maximum atomic E-state index is 12.2. The number of fused-ring (bicyclic) bond motifs is 5. The van der Waals surface area contributed by atoms with E-state index in [-0.39, 0.29) is 23.4 Å². The largest absolute Gasteiger partial charge is 0.466 e. The summed E-state index contributed by atoms with van der Waals surface area (Å²) in [6.45, 7) is 7.30. The monoisotopic (exact) mass is 348 g/mol. The van der Waals surface area contributed by atoms with E-state index in [0.717, 1.165) is 37.0 Å². The number of hydrogen-bond acceptors (Lipinski definition) is 3. The van der Waals surface area contributed by atoms with E-state index in [1.54, 1.807) is 0 Å². The first-order valence-corrected chi connectivity index (χ1v) is 10.7. The standard InChI is InChI=1S/C22H36O3/c1-4-25-20(24)14-9-11-21(2)15(13-14)5-6-16-17-7-8-19(23)22(17,3)12-10-18(16)21/h14-19,23H,4-13H2,1-3H3/t14-,15-,16+,17+,18+,19-,21-,22+/m0/s1. The summed E-state index contributed by atoms with van der Waals surface area (Å²) < 4.78 is 5.32. The molecule has 4 fully saturated rings. The van der Waals surface area contributed by atoms with Gasteiger partial charge in [-0.2, -0.15) is 0 Å². The molecular weight excluding hydrogens is 312 g/mol. The van der Waals surface area contributed by atoms with Gasteiger partial charge in [0.15, 0.2) is 0 Å². The van der Waals surface area contributed by atoms with Crippen molar-refractivity contribution in [1.82, 2.24) is 0 Å². The average Bonchev–Trinajstić information content (AvgIpc) is 2.89. The molecule has 0 aromatic rings. The lowest BCUT2D eigenvalue weighted by atomic mass is 9.44. The molecule has 1 N–H and O–H groups in total. The van der Waals surface area contributed by atoms with Crippen LogP contribution in [0.25, 0.3) is 0 Å². The van der Waals surface area contributed by atoms with Crippen LogP contribution in [0.5, 0.6) is 0 Å². The molecule has 0 heterocycles. The zero-order valence-corrected chi connectivity index (χ0v) is 16.3. The lowest BCUT2D eigenvalue weighted by Crippen LogP contribution is -2.54. The molecule has 0 spiro atoms. The van der Waals surface area contributed by atoms with Crippen molar-refractivity contribution in [3.63, 3.8) is 0 Å². The van der Waals surface area contributed by atoms with Gasteiger partial charge in [0.25, 0.3) is 0 Å². The second-order valence-corrected chi connectivity index (χ2v) is 10.0. The molecule has 0 amide bonds. The van der Waals surface area contributed by atoms with Gasteiger partial charge in [0.05, 0.1) is 18.6 Å². The van der Waals surface area contributed by atoms with Gasteiger partial charge in [0.2, 0.25) is 0 Å². The molecule has 25 heavy (non-hydrogen) atoms. The highest BCUT2D eigenvalue weighted by molar-refractivity contribution is 5.72. The third-order valence-electron chi connectivity index (χ3n) is 9.24. The maximum Gasteiger partial charge on any atom is 0.308 e. The maximum absolute atomic E-state index is 12.2. The molecule has 4 saturated carbocycles. The molecule has 3 heteroatoms. The van der Waals surface area contributed by atoms with Crippen molar-refractivity contribution in [2.24, 2.45) is 40.4 Å². The van der Waals surface area contributed by atoms with E-state index in [2.05, 4.69) is 13.8 Å². The second-order valence-electron chi connectivity index (χ2n) is 10.0. The van der Waals surface area contributed by atoms with Crippen molar-refractivity contribution in [2.75, 3.05) is 6.61 Å². The minimum absolute atomic E-state index is 0.0433. The highest BCUT2D eigenvalue weighted by atomic mass is 16.5. The van der Waals surface area contributed by atoms with Gasteiger partial charge in [-0.3, -0.25) is 4.79 Å². The van der Waals surface area contributed by atoms with Crippen molar-refractivity contribution in [3.05, 3.63) is 0 Å². The molecule has 0 unspecified atom stereocenters. The quantitative estimate of drug-likeness (QED) is 0.744. The number of hydrogen-bond donors (Lipinski definition) is 1. The van der Waals surface area contributed by atoms with Gasteiger partial charge < -0.3 is 9.84 Å². The predicted molar refractivity (Wildman–Crippen MR) is 97.9 cm³/mol. The Morgan fingerprint density at radius 1 is 1.00 bits per heavy atom. The van der Waals surface area contributed by atoms with Gasteiger partial charge in [0.1, 0.15) is 0 Å². The van der Waals surface area contributed by atoms with Crippen LogP contribution >= 0.6 is 0 Å². The molecule has 0 bridgehead atoms. The Labute approximate surface area is 152 Å². The molecule has 4 rings (SSSR count). The Morgan fingerprint density at radius 2 is 1.72 bits per heavy atom. The average molecular weight is 349 g/mol. The van der Waals surface area contributed by atoms with Crippen LogP contribution < -0.4 is 0 Å². The topological polar surface area (TPSA) is 46.5 Å². The molecule has 0 aliphatic heterocycles. The molecule has 142 valence electrons. The van der Waals surface area contributed by atoms with Crippen LogP contribution in [0.15, 0.2) is 0 Å². The number of ether oxygens (including phenoxy) is 1. The fourth-order valence-corrected chi connectivity index (χ4v) is 7.70. The smallest absolute Gasteiger partial charge is 0.308 e. The van der Waals surface area contributed by atoms with Crippen molar-refractivity contribution in [1.29, 1.82) is 0 Å². The van der Waals surface area contributed by atoms with Crippen LogP contribution in [0.1, 0.15) is 78.6 Å². The van der Waals surface area contributed by atoms with Crippen LogP contribution in [-0.4, -0.2) is 23.8 Å². The Bertz CT molecular complexity index is 531. The van der Waals surface area contributed by atoms with E-state index in [4.69, 9.17) is 4.74 Å². The molecular formula is C22H36O3. The molecule has 0 aromatic carbocycles. The number of aliphatic hydroxyl groups excluding tert-OH is 1. The molecule has 8 atom stereocenters. The highest BCUT2D eigenvalue weighted by Crippen LogP contribution is 2.66. The third kappa shape index (κ3) is 2.59. The van der Waals surface area contributed by atoms with Crippen molar-refractivity contribution >= 4 is 5.97 Å². The number of rotatable bonds is 2. The summed E-state index contributed by atoms with van der Waals surface area (Å²) in [4.78, 5) is 12.2. The second kappa shape index (κ2) is 6.25. The minimum atomic E-state index is -0.0801. The van der Waals surface area contributed by atoms with Crippen LogP contribution in [0, 0.1) is 40.4 Å². The Balaban J connectivity index is 1.52. The molecule has 3 nitrogen and oxygen atoms in total. The first-order valence-electron chi connectivity index (χ1n) is 10.7. The molecule has 0 saturated heterocycles. The van der Waals surface area contributed by atoms with E-state index in [1.165, 1.54) is 38.5 Å². The Kier molecular flexibility index (Phi) is 4.46. The Morgan fingerprint density at radius 3 is 2.48 bits per heavy atom. The minimum Gasteiger partial charge on any atom is -0.466 e. The fourth-order valence-electron chi connectivity index (χ4n) is 7.70.